The molecule has 1 aromatic carbocycles. The molecule has 2 aromatic rings. The van der Waals surface area contributed by atoms with E-state index in [4.69, 9.17) is 0 Å². The van der Waals surface area contributed by atoms with Crippen LogP contribution in [0.3, 0.4) is 0 Å². The number of rotatable bonds is 6. The summed E-state index contributed by atoms with van der Waals surface area (Å²) < 4.78 is 1.40. The van der Waals surface area contributed by atoms with Gasteiger partial charge >= 0.3 is 0 Å². The van der Waals surface area contributed by atoms with Gasteiger partial charge in [0.05, 0.1) is 6.42 Å². The van der Waals surface area contributed by atoms with Gasteiger partial charge in [-0.2, -0.15) is 5.10 Å². The molecule has 0 fully saturated rings. The zero-order valence-electron chi connectivity index (χ0n) is 12.1. The third kappa shape index (κ3) is 4.56. The summed E-state index contributed by atoms with van der Waals surface area (Å²) >= 11 is 0. The molecule has 0 aliphatic rings. The van der Waals surface area contributed by atoms with Gasteiger partial charge in [-0.3, -0.25) is 9.59 Å². The molecular formula is C16H19N3O2. The lowest BCUT2D eigenvalue weighted by Crippen LogP contribution is -2.28. The molecule has 1 amide bonds. The molecule has 0 saturated carbocycles. The van der Waals surface area contributed by atoms with Gasteiger partial charge in [0.2, 0.25) is 5.91 Å². The normalized spacial score (nSPS) is 10.3. The van der Waals surface area contributed by atoms with E-state index in [2.05, 4.69) is 10.4 Å². The van der Waals surface area contributed by atoms with Gasteiger partial charge in [-0.25, -0.2) is 4.68 Å². The number of carbonyl (C=O) groups is 1. The average Bonchev–Trinajstić information content (AvgIpc) is 2.48. The maximum absolute atomic E-state index is 11.8. The van der Waals surface area contributed by atoms with Gasteiger partial charge < -0.3 is 5.32 Å². The lowest BCUT2D eigenvalue weighted by molar-refractivity contribution is -0.120. The highest BCUT2D eigenvalue weighted by atomic mass is 16.1. The second-order valence-corrected chi connectivity index (χ2v) is 4.89. The van der Waals surface area contributed by atoms with E-state index in [0.29, 0.717) is 25.9 Å². The zero-order chi connectivity index (χ0) is 15.1. The molecule has 0 aliphatic heterocycles. The fraction of sp³-hybridized carbons (Fsp3) is 0.312. The van der Waals surface area contributed by atoms with E-state index in [1.165, 1.54) is 10.7 Å². The minimum atomic E-state index is -0.122. The molecule has 1 N–H and O–H groups in total. The van der Waals surface area contributed by atoms with Gasteiger partial charge in [0, 0.05) is 25.4 Å². The van der Waals surface area contributed by atoms with E-state index in [-0.39, 0.29) is 11.5 Å². The Morgan fingerprint density at radius 3 is 2.81 bits per heavy atom. The molecule has 21 heavy (non-hydrogen) atoms. The van der Waals surface area contributed by atoms with Crippen molar-refractivity contribution in [2.75, 3.05) is 6.54 Å². The Balaban J connectivity index is 1.74. The van der Waals surface area contributed by atoms with Crippen molar-refractivity contribution >= 4 is 5.91 Å². The van der Waals surface area contributed by atoms with Gasteiger partial charge in [-0.15, -0.1) is 0 Å². The highest BCUT2D eigenvalue weighted by molar-refractivity contribution is 5.78. The van der Waals surface area contributed by atoms with Crippen molar-refractivity contribution in [1.29, 1.82) is 0 Å². The van der Waals surface area contributed by atoms with Crippen molar-refractivity contribution in [1.82, 2.24) is 15.1 Å². The largest absolute Gasteiger partial charge is 0.356 e. The quantitative estimate of drug-likeness (QED) is 0.814. The summed E-state index contributed by atoms with van der Waals surface area (Å²) in [4.78, 5) is 23.3. The van der Waals surface area contributed by atoms with Crippen molar-refractivity contribution in [2.45, 2.75) is 26.3 Å². The van der Waals surface area contributed by atoms with Crippen LogP contribution < -0.4 is 10.9 Å². The number of aryl methyl sites for hydroxylation is 2. The number of amides is 1. The molecule has 0 atom stereocenters. The predicted octanol–water partition coefficient (Wildman–Crippen LogP) is 1.30. The molecule has 2 rings (SSSR count). The van der Waals surface area contributed by atoms with Crippen LogP contribution in [-0.2, 0) is 17.8 Å². The first kappa shape index (κ1) is 15.0. The van der Waals surface area contributed by atoms with E-state index in [1.54, 1.807) is 12.3 Å². The summed E-state index contributed by atoms with van der Waals surface area (Å²) in [6.07, 6.45) is 2.64. The Labute approximate surface area is 123 Å². The standard InChI is InChI=1S/C16H19N3O2/c1-13-6-2-3-7-14(13)12-15(20)17-9-5-11-19-16(21)8-4-10-18-19/h2-4,6-8,10H,5,9,11-12H2,1H3,(H,17,20). The first-order valence-corrected chi connectivity index (χ1v) is 7.00. The number of nitrogens with zero attached hydrogens (tertiary/aromatic N) is 2. The molecule has 0 spiro atoms. The summed E-state index contributed by atoms with van der Waals surface area (Å²) in [6.45, 7) is 3.04. The predicted molar refractivity (Wildman–Crippen MR) is 81.0 cm³/mol. The van der Waals surface area contributed by atoms with Crippen molar-refractivity contribution in [2.24, 2.45) is 0 Å². The van der Waals surface area contributed by atoms with Crippen molar-refractivity contribution in [3.05, 3.63) is 64.1 Å². The number of carbonyl (C=O) groups excluding carboxylic acids is 1. The lowest BCUT2D eigenvalue weighted by Gasteiger charge is -2.07. The Bertz CT molecular complexity index is 664. The maximum Gasteiger partial charge on any atom is 0.266 e. The third-order valence-electron chi connectivity index (χ3n) is 3.27. The fourth-order valence-corrected chi connectivity index (χ4v) is 2.06. The van der Waals surface area contributed by atoms with Crippen LogP contribution in [0, 0.1) is 6.92 Å². The van der Waals surface area contributed by atoms with E-state index in [1.807, 2.05) is 31.2 Å². The molecular weight excluding hydrogens is 266 g/mol. The smallest absolute Gasteiger partial charge is 0.266 e. The van der Waals surface area contributed by atoms with Crippen molar-refractivity contribution < 1.29 is 4.79 Å². The van der Waals surface area contributed by atoms with Crippen molar-refractivity contribution in [3.8, 4) is 0 Å². The van der Waals surface area contributed by atoms with Crippen LogP contribution in [0.4, 0.5) is 0 Å². The van der Waals surface area contributed by atoms with Gasteiger partial charge in [0.15, 0.2) is 0 Å². The molecule has 0 bridgehead atoms. The molecule has 0 unspecified atom stereocenters. The summed E-state index contributed by atoms with van der Waals surface area (Å²) in [5.74, 6) is -0.00216. The molecule has 1 aromatic heterocycles. The highest BCUT2D eigenvalue weighted by Gasteiger charge is 2.05. The Kier molecular flexibility index (Phi) is 5.26. The van der Waals surface area contributed by atoms with Crippen LogP contribution in [0.2, 0.25) is 0 Å². The summed E-state index contributed by atoms with van der Waals surface area (Å²) in [7, 11) is 0. The summed E-state index contributed by atoms with van der Waals surface area (Å²) in [6, 6.07) is 10.9. The average molecular weight is 285 g/mol. The van der Waals surface area contributed by atoms with Crippen LogP contribution >= 0.6 is 0 Å². The lowest BCUT2D eigenvalue weighted by atomic mass is 10.1. The number of aromatic nitrogens is 2. The van der Waals surface area contributed by atoms with Crippen LogP contribution in [0.25, 0.3) is 0 Å². The minimum Gasteiger partial charge on any atom is -0.356 e. The van der Waals surface area contributed by atoms with E-state index >= 15 is 0 Å². The van der Waals surface area contributed by atoms with Gasteiger partial charge in [0.25, 0.3) is 5.56 Å². The van der Waals surface area contributed by atoms with Crippen molar-refractivity contribution in [3.63, 3.8) is 0 Å². The molecule has 5 heteroatoms. The van der Waals surface area contributed by atoms with Gasteiger partial charge in [-0.05, 0) is 30.5 Å². The first-order chi connectivity index (χ1) is 10.2. The fourth-order valence-electron chi connectivity index (χ4n) is 2.06. The van der Waals surface area contributed by atoms with E-state index in [9.17, 15) is 9.59 Å². The molecule has 0 radical (unpaired) electrons. The highest BCUT2D eigenvalue weighted by Crippen LogP contribution is 2.07. The zero-order valence-corrected chi connectivity index (χ0v) is 12.1. The molecule has 0 saturated heterocycles. The topological polar surface area (TPSA) is 64.0 Å². The molecule has 1 heterocycles. The number of hydrogen-bond acceptors (Lipinski definition) is 3. The maximum atomic E-state index is 11.8. The van der Waals surface area contributed by atoms with Crippen LogP contribution in [0.15, 0.2) is 47.4 Å². The number of benzene rings is 1. The van der Waals surface area contributed by atoms with Crippen LogP contribution in [0.5, 0.6) is 0 Å². The first-order valence-electron chi connectivity index (χ1n) is 7.00. The second kappa shape index (κ2) is 7.38. The monoisotopic (exact) mass is 285 g/mol. The van der Waals surface area contributed by atoms with Gasteiger partial charge in [-0.1, -0.05) is 24.3 Å². The van der Waals surface area contributed by atoms with E-state index < -0.39 is 0 Å². The summed E-state index contributed by atoms with van der Waals surface area (Å²) in [5.41, 5.74) is 2.03. The second-order valence-electron chi connectivity index (χ2n) is 4.89. The summed E-state index contributed by atoms with van der Waals surface area (Å²) in [5, 5.41) is 6.83. The SMILES string of the molecule is Cc1ccccc1CC(=O)NCCCn1ncccc1=O. The minimum absolute atomic E-state index is 0.00216. The number of nitrogens with one attached hydrogen (secondary N) is 1. The molecule has 5 nitrogen and oxygen atoms in total. The Morgan fingerprint density at radius 1 is 1.24 bits per heavy atom. The van der Waals surface area contributed by atoms with Crippen LogP contribution in [0.1, 0.15) is 17.5 Å². The Hall–Kier alpha value is -2.43. The Morgan fingerprint density at radius 2 is 2.05 bits per heavy atom. The molecule has 110 valence electrons. The molecule has 0 aliphatic carbocycles. The van der Waals surface area contributed by atoms with E-state index in [0.717, 1.165) is 11.1 Å². The van der Waals surface area contributed by atoms with Crippen LogP contribution in [-0.4, -0.2) is 22.2 Å². The van der Waals surface area contributed by atoms with Gasteiger partial charge in [0.1, 0.15) is 0 Å². The third-order valence-corrected chi connectivity index (χ3v) is 3.27. The number of hydrogen-bond donors (Lipinski definition) is 1.